The van der Waals surface area contributed by atoms with E-state index in [1.807, 2.05) is 0 Å². The number of ether oxygens (including phenoxy) is 4. The Balaban J connectivity index is 1.41. The van der Waals surface area contributed by atoms with E-state index in [2.05, 4.69) is 4.74 Å². The zero-order valence-corrected chi connectivity index (χ0v) is 15.7. The first-order valence-corrected chi connectivity index (χ1v) is 9.20. The monoisotopic (exact) mass is 397 g/mol. The van der Waals surface area contributed by atoms with Crippen LogP contribution in [0.1, 0.15) is 33.1 Å². The molecule has 0 aromatic rings. The SMILES string of the molecule is CCC(C)(N)C(=O)OCC(=O)OCC(=O)OC1CC2CC1C1C(=O)OC(=O)C21. The van der Waals surface area contributed by atoms with E-state index in [0.717, 1.165) is 0 Å². The van der Waals surface area contributed by atoms with Crippen LogP contribution in [0.2, 0.25) is 0 Å². The van der Waals surface area contributed by atoms with Crippen LogP contribution in [0.5, 0.6) is 0 Å². The fourth-order valence-electron chi connectivity index (χ4n) is 4.15. The minimum atomic E-state index is -1.21. The summed E-state index contributed by atoms with van der Waals surface area (Å²) in [6.07, 6.45) is 0.908. The van der Waals surface area contributed by atoms with Crippen molar-refractivity contribution in [2.75, 3.05) is 13.2 Å². The van der Waals surface area contributed by atoms with Gasteiger partial charge in [-0.05, 0) is 32.1 Å². The van der Waals surface area contributed by atoms with Gasteiger partial charge in [0.25, 0.3) is 0 Å². The van der Waals surface area contributed by atoms with Gasteiger partial charge in [0.2, 0.25) is 0 Å². The van der Waals surface area contributed by atoms with E-state index in [9.17, 15) is 24.0 Å². The molecule has 3 fully saturated rings. The van der Waals surface area contributed by atoms with Gasteiger partial charge in [0.05, 0.1) is 11.8 Å². The maximum atomic E-state index is 12.0. The molecular weight excluding hydrogens is 374 g/mol. The molecule has 0 aromatic heterocycles. The maximum absolute atomic E-state index is 12.0. The second-order valence-electron chi connectivity index (χ2n) is 7.72. The molecule has 10 nitrogen and oxygen atoms in total. The number of carbonyl (C=O) groups excluding carboxylic acids is 5. The van der Waals surface area contributed by atoms with Crippen LogP contribution in [-0.4, -0.2) is 54.7 Å². The van der Waals surface area contributed by atoms with Crippen molar-refractivity contribution in [3.8, 4) is 0 Å². The number of fused-ring (bicyclic) bond motifs is 5. The first kappa shape index (κ1) is 20.2. The van der Waals surface area contributed by atoms with Crippen molar-refractivity contribution in [1.82, 2.24) is 0 Å². The molecule has 1 aliphatic heterocycles. The molecule has 3 rings (SSSR count). The summed E-state index contributed by atoms with van der Waals surface area (Å²) in [6, 6.07) is 0. The standard InChI is InChI=1S/C18H23NO9/c1-3-18(2,19)17(24)26-6-11(20)25-7-12(21)27-10-5-8-4-9(10)14-13(8)15(22)28-16(14)23/h8-10,13-14H,3-7,19H2,1-2H3. The second-order valence-corrected chi connectivity index (χ2v) is 7.72. The fourth-order valence-corrected chi connectivity index (χ4v) is 4.15. The number of hydrogen-bond donors (Lipinski definition) is 1. The lowest BCUT2D eigenvalue weighted by molar-refractivity contribution is -0.170. The summed E-state index contributed by atoms with van der Waals surface area (Å²) < 4.78 is 19.5. The Labute approximate surface area is 161 Å². The Morgan fingerprint density at radius 1 is 1.07 bits per heavy atom. The number of hydrogen-bond acceptors (Lipinski definition) is 10. The van der Waals surface area contributed by atoms with Crippen LogP contribution in [0.4, 0.5) is 0 Å². The van der Waals surface area contributed by atoms with E-state index in [0.29, 0.717) is 19.3 Å². The quantitative estimate of drug-likeness (QED) is 0.337. The lowest BCUT2D eigenvalue weighted by atomic mass is 9.79. The maximum Gasteiger partial charge on any atom is 0.344 e. The van der Waals surface area contributed by atoms with Gasteiger partial charge in [-0.25, -0.2) is 9.59 Å². The Kier molecular flexibility index (Phi) is 5.42. The van der Waals surface area contributed by atoms with Gasteiger partial charge in [0, 0.05) is 5.92 Å². The molecule has 2 saturated carbocycles. The van der Waals surface area contributed by atoms with E-state index in [-0.39, 0.29) is 11.8 Å². The molecule has 1 saturated heterocycles. The second kappa shape index (κ2) is 7.50. The third-order valence-electron chi connectivity index (χ3n) is 5.84. The molecule has 154 valence electrons. The van der Waals surface area contributed by atoms with Crippen LogP contribution in [0.25, 0.3) is 0 Å². The molecule has 0 amide bonds. The van der Waals surface area contributed by atoms with Crippen LogP contribution in [0.3, 0.4) is 0 Å². The van der Waals surface area contributed by atoms with Gasteiger partial charge in [-0.3, -0.25) is 14.4 Å². The molecular formula is C18H23NO9. The van der Waals surface area contributed by atoms with Crippen LogP contribution >= 0.6 is 0 Å². The topological polar surface area (TPSA) is 148 Å². The van der Waals surface area contributed by atoms with Crippen LogP contribution < -0.4 is 5.73 Å². The zero-order chi connectivity index (χ0) is 20.6. The summed E-state index contributed by atoms with van der Waals surface area (Å²) in [6.45, 7) is 1.88. The summed E-state index contributed by atoms with van der Waals surface area (Å²) in [5, 5.41) is 0. The van der Waals surface area contributed by atoms with Gasteiger partial charge in [-0.2, -0.15) is 0 Å². The van der Waals surface area contributed by atoms with Crippen molar-refractivity contribution in [3.63, 3.8) is 0 Å². The Bertz CT molecular complexity index is 716. The summed E-state index contributed by atoms with van der Waals surface area (Å²) in [4.78, 5) is 58.8. The van der Waals surface area contributed by atoms with Gasteiger partial charge >= 0.3 is 29.8 Å². The van der Waals surface area contributed by atoms with Crippen molar-refractivity contribution < 1.29 is 42.9 Å². The molecule has 1 heterocycles. The van der Waals surface area contributed by atoms with Crippen molar-refractivity contribution >= 4 is 29.8 Å². The van der Waals surface area contributed by atoms with Crippen LogP contribution in [0.15, 0.2) is 0 Å². The largest absolute Gasteiger partial charge is 0.460 e. The molecule has 10 heteroatoms. The number of cyclic esters (lactones) is 2. The van der Waals surface area contributed by atoms with E-state index < -0.39 is 66.5 Å². The highest BCUT2D eigenvalue weighted by Crippen LogP contribution is 2.56. The molecule has 2 bridgehead atoms. The van der Waals surface area contributed by atoms with E-state index >= 15 is 0 Å². The summed E-state index contributed by atoms with van der Waals surface area (Å²) >= 11 is 0. The van der Waals surface area contributed by atoms with E-state index in [1.54, 1.807) is 6.92 Å². The number of carbonyl (C=O) groups is 5. The Hall–Kier alpha value is -2.49. The van der Waals surface area contributed by atoms with E-state index in [4.69, 9.17) is 19.9 Å². The molecule has 6 unspecified atom stereocenters. The minimum Gasteiger partial charge on any atom is -0.460 e. The lowest BCUT2D eigenvalue weighted by Gasteiger charge is -2.27. The van der Waals surface area contributed by atoms with Gasteiger partial charge in [-0.15, -0.1) is 0 Å². The predicted octanol–water partition coefficient (Wildman–Crippen LogP) is -0.532. The van der Waals surface area contributed by atoms with Gasteiger partial charge < -0.3 is 24.7 Å². The minimum absolute atomic E-state index is 0.0437. The lowest BCUT2D eigenvalue weighted by Crippen LogP contribution is -2.46. The average Bonchev–Trinajstić information content (AvgIpc) is 3.30. The summed E-state index contributed by atoms with van der Waals surface area (Å²) in [7, 11) is 0. The number of esters is 5. The highest BCUT2D eigenvalue weighted by molar-refractivity contribution is 5.97. The van der Waals surface area contributed by atoms with Gasteiger partial charge in [0.1, 0.15) is 11.6 Å². The third kappa shape index (κ3) is 3.73. The molecule has 0 aromatic carbocycles. The average molecular weight is 397 g/mol. The molecule has 2 aliphatic carbocycles. The number of nitrogens with two attached hydrogens (primary N) is 1. The van der Waals surface area contributed by atoms with Gasteiger partial charge in [-0.1, -0.05) is 6.92 Å². The van der Waals surface area contributed by atoms with Crippen molar-refractivity contribution in [3.05, 3.63) is 0 Å². The fraction of sp³-hybridized carbons (Fsp3) is 0.722. The Morgan fingerprint density at radius 2 is 1.71 bits per heavy atom. The highest BCUT2D eigenvalue weighted by Gasteiger charge is 2.64. The van der Waals surface area contributed by atoms with E-state index in [1.165, 1.54) is 6.92 Å². The summed E-state index contributed by atoms with van der Waals surface area (Å²) in [5.41, 5.74) is 4.48. The van der Waals surface area contributed by atoms with Crippen LogP contribution in [-0.2, 0) is 42.9 Å². The van der Waals surface area contributed by atoms with Crippen LogP contribution in [0, 0.1) is 23.7 Å². The molecule has 2 N–H and O–H groups in total. The molecule has 28 heavy (non-hydrogen) atoms. The zero-order valence-electron chi connectivity index (χ0n) is 15.7. The normalized spacial score (nSPS) is 32.3. The first-order chi connectivity index (χ1) is 13.1. The predicted molar refractivity (Wildman–Crippen MR) is 89.0 cm³/mol. The van der Waals surface area contributed by atoms with Crippen molar-refractivity contribution in [1.29, 1.82) is 0 Å². The summed E-state index contributed by atoms with van der Waals surface area (Å²) in [5.74, 6) is -4.78. The van der Waals surface area contributed by atoms with Crippen molar-refractivity contribution in [2.45, 2.75) is 44.8 Å². The Morgan fingerprint density at radius 3 is 2.39 bits per heavy atom. The molecule has 6 atom stereocenters. The van der Waals surface area contributed by atoms with Crippen molar-refractivity contribution in [2.24, 2.45) is 29.4 Å². The smallest absolute Gasteiger partial charge is 0.344 e. The first-order valence-electron chi connectivity index (χ1n) is 9.20. The third-order valence-corrected chi connectivity index (χ3v) is 5.84. The highest BCUT2D eigenvalue weighted by atomic mass is 16.6. The number of rotatable bonds is 7. The molecule has 0 spiro atoms. The van der Waals surface area contributed by atoms with Gasteiger partial charge in [0.15, 0.2) is 13.2 Å². The molecule has 0 radical (unpaired) electrons. The molecule has 3 aliphatic rings.